The number of carbonyl (C=O) groups excluding carboxylic acids is 1. The van der Waals surface area contributed by atoms with Crippen LogP contribution in [0, 0.1) is 0 Å². The van der Waals surface area contributed by atoms with E-state index in [0.717, 1.165) is 18.5 Å². The first-order valence-corrected chi connectivity index (χ1v) is 7.84. The second-order valence-corrected chi connectivity index (χ2v) is 6.00. The lowest BCUT2D eigenvalue weighted by atomic mass is 10.1. The summed E-state index contributed by atoms with van der Waals surface area (Å²) in [6, 6.07) is 10.6. The molecule has 2 amide bonds. The van der Waals surface area contributed by atoms with Crippen LogP contribution >= 0.6 is 23.2 Å². The Labute approximate surface area is 139 Å². The number of pyridine rings is 1. The highest BCUT2D eigenvalue weighted by Crippen LogP contribution is 2.32. The molecule has 1 atom stereocenters. The summed E-state index contributed by atoms with van der Waals surface area (Å²) in [5.74, 6) is 0. The van der Waals surface area contributed by atoms with Crippen LogP contribution < -0.4 is 5.32 Å². The van der Waals surface area contributed by atoms with Gasteiger partial charge in [-0.05, 0) is 43.2 Å². The highest BCUT2D eigenvalue weighted by molar-refractivity contribution is 6.35. The molecule has 1 saturated heterocycles. The zero-order valence-corrected chi connectivity index (χ0v) is 13.3. The Morgan fingerprint density at radius 1 is 1.27 bits per heavy atom. The van der Waals surface area contributed by atoms with Gasteiger partial charge in [-0.1, -0.05) is 29.3 Å². The van der Waals surface area contributed by atoms with E-state index in [2.05, 4.69) is 10.3 Å². The molecular formula is C16H15Cl2N3O. The number of anilines is 1. The number of amides is 2. The van der Waals surface area contributed by atoms with Crippen LogP contribution in [0.5, 0.6) is 0 Å². The standard InChI is InChI=1S/C16H15Cl2N3O/c17-11-6-7-12(18)14(10-11)20-16(22)21-9-3-5-15(21)13-4-1-2-8-19-13/h1-2,4,6-8,10,15H,3,5,9H2,(H,20,22). The molecule has 1 unspecified atom stereocenters. The Kier molecular flexibility index (Phi) is 4.50. The minimum Gasteiger partial charge on any atom is -0.316 e. The first kappa shape index (κ1) is 15.1. The molecule has 2 aromatic rings. The number of carbonyl (C=O) groups is 1. The molecule has 0 saturated carbocycles. The summed E-state index contributed by atoms with van der Waals surface area (Å²) in [4.78, 5) is 18.7. The van der Waals surface area contributed by atoms with Crippen LogP contribution in [0.15, 0.2) is 42.6 Å². The maximum Gasteiger partial charge on any atom is 0.322 e. The normalized spacial score (nSPS) is 17.5. The Balaban J connectivity index is 1.78. The number of benzene rings is 1. The van der Waals surface area contributed by atoms with Gasteiger partial charge in [-0.25, -0.2) is 4.79 Å². The van der Waals surface area contributed by atoms with Gasteiger partial charge in [-0.2, -0.15) is 0 Å². The molecule has 0 bridgehead atoms. The van der Waals surface area contributed by atoms with Crippen molar-refractivity contribution >= 4 is 34.9 Å². The Morgan fingerprint density at radius 3 is 2.91 bits per heavy atom. The number of halogens is 2. The maximum atomic E-state index is 12.5. The number of likely N-dealkylation sites (tertiary alicyclic amines) is 1. The van der Waals surface area contributed by atoms with Crippen LogP contribution in [-0.2, 0) is 0 Å². The lowest BCUT2D eigenvalue weighted by Crippen LogP contribution is -2.34. The van der Waals surface area contributed by atoms with Gasteiger partial charge in [0.1, 0.15) is 0 Å². The fraction of sp³-hybridized carbons (Fsp3) is 0.250. The highest BCUT2D eigenvalue weighted by atomic mass is 35.5. The maximum absolute atomic E-state index is 12.5. The molecule has 1 aliphatic rings. The molecule has 3 rings (SSSR count). The molecule has 0 aliphatic carbocycles. The largest absolute Gasteiger partial charge is 0.322 e. The number of hydrogen-bond acceptors (Lipinski definition) is 2. The van der Waals surface area contributed by atoms with E-state index < -0.39 is 0 Å². The SMILES string of the molecule is O=C(Nc1cc(Cl)ccc1Cl)N1CCCC1c1ccccn1. The molecule has 1 N–H and O–H groups in total. The third kappa shape index (κ3) is 3.18. The van der Waals surface area contributed by atoms with Crippen molar-refractivity contribution in [2.24, 2.45) is 0 Å². The fourth-order valence-electron chi connectivity index (χ4n) is 2.67. The molecule has 114 valence electrons. The van der Waals surface area contributed by atoms with Crippen LogP contribution in [0.4, 0.5) is 10.5 Å². The fourth-order valence-corrected chi connectivity index (χ4v) is 3.01. The van der Waals surface area contributed by atoms with Gasteiger partial charge in [0.15, 0.2) is 0 Å². The predicted octanol–water partition coefficient (Wildman–Crippen LogP) is 4.76. The van der Waals surface area contributed by atoms with E-state index in [1.54, 1.807) is 29.3 Å². The first-order chi connectivity index (χ1) is 10.6. The molecule has 1 aliphatic heterocycles. The molecule has 2 heterocycles. The van der Waals surface area contributed by atoms with Crippen LogP contribution in [0.3, 0.4) is 0 Å². The third-order valence-corrected chi connectivity index (χ3v) is 4.28. The van der Waals surface area contributed by atoms with E-state index in [-0.39, 0.29) is 12.1 Å². The van der Waals surface area contributed by atoms with Crippen LogP contribution in [0.2, 0.25) is 10.0 Å². The Bertz CT molecular complexity index is 678. The number of hydrogen-bond donors (Lipinski definition) is 1. The van der Waals surface area contributed by atoms with E-state index >= 15 is 0 Å². The Hall–Kier alpha value is -1.78. The summed E-state index contributed by atoms with van der Waals surface area (Å²) in [5.41, 5.74) is 1.43. The second kappa shape index (κ2) is 6.55. The minimum atomic E-state index is -0.183. The van der Waals surface area contributed by atoms with Gasteiger partial charge in [0.2, 0.25) is 0 Å². The number of nitrogens with zero attached hydrogens (tertiary/aromatic N) is 2. The minimum absolute atomic E-state index is 0.000778. The van der Waals surface area contributed by atoms with E-state index in [0.29, 0.717) is 22.3 Å². The van der Waals surface area contributed by atoms with Crippen molar-refractivity contribution in [2.45, 2.75) is 18.9 Å². The molecule has 0 radical (unpaired) electrons. The highest BCUT2D eigenvalue weighted by Gasteiger charge is 2.31. The van der Waals surface area contributed by atoms with Crippen molar-refractivity contribution in [3.05, 3.63) is 58.3 Å². The molecular weight excluding hydrogens is 321 g/mol. The van der Waals surface area contributed by atoms with E-state index in [9.17, 15) is 4.79 Å². The van der Waals surface area contributed by atoms with Crippen LogP contribution in [0.1, 0.15) is 24.6 Å². The molecule has 1 fully saturated rings. The summed E-state index contributed by atoms with van der Waals surface area (Å²) >= 11 is 12.0. The number of aromatic nitrogens is 1. The van der Waals surface area contributed by atoms with Gasteiger partial charge >= 0.3 is 6.03 Å². The molecule has 4 nitrogen and oxygen atoms in total. The monoisotopic (exact) mass is 335 g/mol. The summed E-state index contributed by atoms with van der Waals surface area (Å²) in [7, 11) is 0. The average Bonchev–Trinajstić information content (AvgIpc) is 3.01. The molecule has 6 heteroatoms. The van der Waals surface area contributed by atoms with Gasteiger partial charge in [0.25, 0.3) is 0 Å². The predicted molar refractivity (Wildman–Crippen MR) is 88.4 cm³/mol. The zero-order valence-electron chi connectivity index (χ0n) is 11.8. The lowest BCUT2D eigenvalue weighted by molar-refractivity contribution is 0.206. The molecule has 1 aromatic carbocycles. The second-order valence-electron chi connectivity index (χ2n) is 5.16. The van der Waals surface area contributed by atoms with E-state index in [4.69, 9.17) is 23.2 Å². The molecule has 1 aromatic heterocycles. The summed E-state index contributed by atoms with van der Waals surface area (Å²) < 4.78 is 0. The van der Waals surface area contributed by atoms with Crippen LogP contribution in [0.25, 0.3) is 0 Å². The smallest absolute Gasteiger partial charge is 0.316 e. The number of nitrogens with one attached hydrogen (secondary N) is 1. The van der Waals surface area contributed by atoms with Crippen molar-refractivity contribution in [3.63, 3.8) is 0 Å². The van der Waals surface area contributed by atoms with Crippen molar-refractivity contribution < 1.29 is 4.79 Å². The summed E-state index contributed by atoms with van der Waals surface area (Å²) in [6.07, 6.45) is 3.61. The van der Waals surface area contributed by atoms with Gasteiger partial charge < -0.3 is 10.2 Å². The number of urea groups is 1. The van der Waals surface area contributed by atoms with Gasteiger partial charge in [0.05, 0.1) is 22.4 Å². The van der Waals surface area contributed by atoms with Crippen LogP contribution in [-0.4, -0.2) is 22.5 Å². The summed E-state index contributed by atoms with van der Waals surface area (Å²) in [6.45, 7) is 0.700. The van der Waals surface area contributed by atoms with Crippen molar-refractivity contribution in [1.29, 1.82) is 0 Å². The quantitative estimate of drug-likeness (QED) is 0.860. The lowest BCUT2D eigenvalue weighted by Gasteiger charge is -2.24. The first-order valence-electron chi connectivity index (χ1n) is 7.09. The average molecular weight is 336 g/mol. The van der Waals surface area contributed by atoms with Gasteiger partial charge in [0, 0.05) is 17.8 Å². The van der Waals surface area contributed by atoms with Crippen molar-refractivity contribution in [1.82, 2.24) is 9.88 Å². The van der Waals surface area contributed by atoms with E-state index in [1.165, 1.54) is 0 Å². The van der Waals surface area contributed by atoms with Crippen molar-refractivity contribution in [2.75, 3.05) is 11.9 Å². The zero-order chi connectivity index (χ0) is 15.5. The van der Waals surface area contributed by atoms with Gasteiger partial charge in [-0.15, -0.1) is 0 Å². The van der Waals surface area contributed by atoms with E-state index in [1.807, 2.05) is 18.2 Å². The summed E-state index contributed by atoms with van der Waals surface area (Å²) in [5, 5.41) is 3.83. The topological polar surface area (TPSA) is 45.2 Å². The van der Waals surface area contributed by atoms with Crippen molar-refractivity contribution in [3.8, 4) is 0 Å². The van der Waals surface area contributed by atoms with Gasteiger partial charge in [-0.3, -0.25) is 4.98 Å². The molecule has 0 spiro atoms. The molecule has 22 heavy (non-hydrogen) atoms. The number of rotatable bonds is 2. The third-order valence-electron chi connectivity index (χ3n) is 3.71. The Morgan fingerprint density at radius 2 is 2.14 bits per heavy atom.